The lowest BCUT2D eigenvalue weighted by Crippen LogP contribution is -2.47. The van der Waals surface area contributed by atoms with Crippen LogP contribution in [0.3, 0.4) is 0 Å². The Morgan fingerprint density at radius 3 is 2.59 bits per heavy atom. The predicted molar refractivity (Wildman–Crippen MR) is 123 cm³/mol. The van der Waals surface area contributed by atoms with Crippen molar-refractivity contribution in [2.24, 2.45) is 0 Å². The molecule has 2 aromatic rings. The predicted octanol–water partition coefficient (Wildman–Crippen LogP) is 3.39. The van der Waals surface area contributed by atoms with Crippen molar-refractivity contribution in [3.05, 3.63) is 47.6 Å². The largest absolute Gasteiger partial charge is 0.433 e. The van der Waals surface area contributed by atoms with Gasteiger partial charge in [-0.2, -0.15) is 13.2 Å². The third-order valence-electron chi connectivity index (χ3n) is 6.50. The summed E-state index contributed by atoms with van der Waals surface area (Å²) in [7, 11) is 1.47. The van der Waals surface area contributed by atoms with Crippen LogP contribution in [-0.4, -0.2) is 83.2 Å². The van der Waals surface area contributed by atoms with Crippen molar-refractivity contribution >= 4 is 28.4 Å². The summed E-state index contributed by atoms with van der Waals surface area (Å²) in [6.45, 7) is 5.52. The van der Waals surface area contributed by atoms with E-state index in [4.69, 9.17) is 0 Å². The van der Waals surface area contributed by atoms with Crippen molar-refractivity contribution in [3.63, 3.8) is 0 Å². The zero-order valence-corrected chi connectivity index (χ0v) is 19.1. The Labute approximate surface area is 195 Å². The van der Waals surface area contributed by atoms with Gasteiger partial charge < -0.3 is 15.1 Å². The number of rotatable bonds is 4. The van der Waals surface area contributed by atoms with Crippen molar-refractivity contribution in [1.82, 2.24) is 24.7 Å². The minimum atomic E-state index is -4.39. The number of amides is 2. The molecule has 3 aliphatic rings. The van der Waals surface area contributed by atoms with E-state index in [1.807, 2.05) is 24.0 Å². The molecule has 1 aromatic carbocycles. The molecule has 4 heterocycles. The molecule has 0 unspecified atom stereocenters. The van der Waals surface area contributed by atoms with Gasteiger partial charge >= 0.3 is 12.2 Å². The number of carbonyl (C=O) groups excluding carboxylic acids is 1. The van der Waals surface area contributed by atoms with Crippen molar-refractivity contribution in [2.75, 3.05) is 56.5 Å². The van der Waals surface area contributed by atoms with Gasteiger partial charge in [-0.25, -0.2) is 14.8 Å². The van der Waals surface area contributed by atoms with E-state index in [0.29, 0.717) is 50.8 Å². The summed E-state index contributed by atoms with van der Waals surface area (Å²) in [5.41, 5.74) is 2.09. The SMILES string of the molecule is CCN1C(=O)Nc2cc(CN3CCN(C4=C(C(F)(F)F)N(C)CC=C4)CC3)cc3ncnc1c23. The van der Waals surface area contributed by atoms with E-state index in [-0.39, 0.29) is 18.3 Å². The molecule has 1 N–H and O–H groups in total. The lowest BCUT2D eigenvalue weighted by Gasteiger charge is -2.40. The van der Waals surface area contributed by atoms with E-state index < -0.39 is 11.9 Å². The molecule has 0 radical (unpaired) electrons. The van der Waals surface area contributed by atoms with Gasteiger partial charge in [-0.1, -0.05) is 6.08 Å². The molecule has 34 heavy (non-hydrogen) atoms. The Morgan fingerprint density at radius 1 is 1.12 bits per heavy atom. The molecule has 0 spiro atoms. The number of allylic oxidation sites excluding steroid dienone is 2. The van der Waals surface area contributed by atoms with Crippen molar-refractivity contribution < 1.29 is 18.0 Å². The zero-order chi connectivity index (χ0) is 24.0. The number of urea groups is 1. The molecule has 1 aromatic heterocycles. The first kappa shape index (κ1) is 22.5. The number of likely N-dealkylation sites (N-methyl/N-ethyl adjacent to an activating group) is 1. The molecule has 8 nitrogen and oxygen atoms in total. The number of carbonyl (C=O) groups is 1. The molecule has 3 aliphatic heterocycles. The second-order valence-electron chi connectivity index (χ2n) is 8.69. The number of halogens is 3. The molecule has 1 fully saturated rings. The molecule has 0 aliphatic carbocycles. The summed E-state index contributed by atoms with van der Waals surface area (Å²) in [5, 5.41) is 3.75. The van der Waals surface area contributed by atoms with Crippen LogP contribution < -0.4 is 10.2 Å². The Kier molecular flexibility index (Phi) is 5.59. The van der Waals surface area contributed by atoms with Gasteiger partial charge in [0.15, 0.2) is 0 Å². The summed E-state index contributed by atoms with van der Waals surface area (Å²) >= 11 is 0. The molecule has 5 rings (SSSR count). The van der Waals surface area contributed by atoms with E-state index in [9.17, 15) is 18.0 Å². The molecule has 11 heteroatoms. The number of piperazine rings is 1. The average molecular weight is 474 g/mol. The second-order valence-corrected chi connectivity index (χ2v) is 8.69. The number of hydrogen-bond acceptors (Lipinski definition) is 6. The first-order valence-corrected chi connectivity index (χ1v) is 11.3. The van der Waals surface area contributed by atoms with E-state index in [0.717, 1.165) is 16.5 Å². The quantitative estimate of drug-likeness (QED) is 0.735. The van der Waals surface area contributed by atoms with Crippen LogP contribution in [0.2, 0.25) is 0 Å². The number of nitrogens with zero attached hydrogens (tertiary/aromatic N) is 6. The molecule has 0 saturated carbocycles. The fourth-order valence-corrected chi connectivity index (χ4v) is 4.91. The highest BCUT2D eigenvalue weighted by molar-refractivity contribution is 6.17. The Morgan fingerprint density at radius 2 is 1.88 bits per heavy atom. The fraction of sp³-hybridized carbons (Fsp3) is 0.435. The van der Waals surface area contributed by atoms with Crippen molar-refractivity contribution in [2.45, 2.75) is 19.6 Å². The zero-order valence-electron chi connectivity index (χ0n) is 19.1. The normalized spacial score (nSPS) is 19.3. The van der Waals surface area contributed by atoms with Crippen LogP contribution in [0.25, 0.3) is 10.9 Å². The van der Waals surface area contributed by atoms with Crippen LogP contribution in [0.15, 0.2) is 42.0 Å². The lowest BCUT2D eigenvalue weighted by molar-refractivity contribution is -0.111. The number of anilines is 2. The first-order valence-electron chi connectivity index (χ1n) is 11.3. The highest BCUT2D eigenvalue weighted by atomic mass is 19.4. The van der Waals surface area contributed by atoms with Gasteiger partial charge in [0.1, 0.15) is 17.8 Å². The van der Waals surface area contributed by atoms with Gasteiger partial charge in [0, 0.05) is 52.9 Å². The number of benzene rings is 1. The van der Waals surface area contributed by atoms with Gasteiger partial charge in [-0.3, -0.25) is 9.80 Å². The van der Waals surface area contributed by atoms with Gasteiger partial charge in [-0.05, 0) is 30.7 Å². The first-order chi connectivity index (χ1) is 16.3. The summed E-state index contributed by atoms with van der Waals surface area (Å²) in [6.07, 6.45) is 0.427. The van der Waals surface area contributed by atoms with Crippen molar-refractivity contribution in [1.29, 1.82) is 0 Å². The molecule has 2 amide bonds. The fourth-order valence-electron chi connectivity index (χ4n) is 4.91. The Balaban J connectivity index is 1.34. The molecule has 0 atom stereocenters. The lowest BCUT2D eigenvalue weighted by atomic mass is 10.1. The molecule has 180 valence electrons. The molecule has 0 bridgehead atoms. The topological polar surface area (TPSA) is 67.8 Å². The number of nitrogens with one attached hydrogen (secondary N) is 1. The minimum Gasteiger partial charge on any atom is -0.367 e. The monoisotopic (exact) mass is 473 g/mol. The summed E-state index contributed by atoms with van der Waals surface area (Å²) in [5.74, 6) is 0.602. The van der Waals surface area contributed by atoms with Crippen LogP contribution in [0.1, 0.15) is 12.5 Å². The molecular weight excluding hydrogens is 447 g/mol. The summed E-state index contributed by atoms with van der Waals surface area (Å²) in [4.78, 5) is 28.1. The van der Waals surface area contributed by atoms with Gasteiger partial charge in [-0.15, -0.1) is 0 Å². The van der Waals surface area contributed by atoms with Crippen LogP contribution in [-0.2, 0) is 6.54 Å². The number of hydrogen-bond donors (Lipinski definition) is 1. The molecule has 1 saturated heterocycles. The van der Waals surface area contributed by atoms with Crippen molar-refractivity contribution in [3.8, 4) is 0 Å². The Bertz CT molecular complexity index is 1190. The maximum atomic E-state index is 13.7. The van der Waals surface area contributed by atoms with Gasteiger partial charge in [0.2, 0.25) is 0 Å². The van der Waals surface area contributed by atoms with Gasteiger partial charge in [0.25, 0.3) is 0 Å². The van der Waals surface area contributed by atoms with E-state index >= 15 is 0 Å². The van der Waals surface area contributed by atoms with E-state index in [1.54, 1.807) is 17.1 Å². The number of aromatic nitrogens is 2. The standard InChI is InChI=1S/C23H26F3N7O/c1-3-33-21-19-16(27-14-28-21)11-15(12-17(19)29-22(33)34)13-31-7-9-32(10-8-31)18-5-4-6-30(2)20(18)23(24,25)26/h4-5,11-12,14H,3,6-10,13H2,1-2H3,(H,29,34). The summed E-state index contributed by atoms with van der Waals surface area (Å²) < 4.78 is 41.0. The highest BCUT2D eigenvalue weighted by Gasteiger charge is 2.41. The van der Waals surface area contributed by atoms with E-state index in [2.05, 4.69) is 20.2 Å². The highest BCUT2D eigenvalue weighted by Crippen LogP contribution is 2.36. The summed E-state index contributed by atoms with van der Waals surface area (Å²) in [6, 6.07) is 3.71. The maximum absolute atomic E-state index is 13.7. The van der Waals surface area contributed by atoms with Crippen LogP contribution >= 0.6 is 0 Å². The molecular formula is C23H26F3N7O. The van der Waals surface area contributed by atoms with Gasteiger partial charge in [0.05, 0.1) is 22.3 Å². The third kappa shape index (κ3) is 3.93. The van der Waals surface area contributed by atoms with E-state index in [1.165, 1.54) is 18.3 Å². The van der Waals surface area contributed by atoms with Crippen LogP contribution in [0.4, 0.5) is 29.5 Å². The maximum Gasteiger partial charge on any atom is 0.433 e. The second kappa shape index (κ2) is 8.46. The third-order valence-corrected chi connectivity index (χ3v) is 6.50. The smallest absolute Gasteiger partial charge is 0.367 e. The minimum absolute atomic E-state index is 0.222. The van der Waals surface area contributed by atoms with Crippen LogP contribution in [0.5, 0.6) is 0 Å². The number of alkyl halides is 3. The van der Waals surface area contributed by atoms with Crippen LogP contribution in [0, 0.1) is 0 Å². The Hall–Kier alpha value is -3.34. The average Bonchev–Trinajstić information content (AvgIpc) is 2.79.